The smallest absolute Gasteiger partial charge is 0.251 e. The van der Waals surface area contributed by atoms with E-state index in [-0.39, 0.29) is 42.3 Å². The summed E-state index contributed by atoms with van der Waals surface area (Å²) in [5.74, 6) is -1.34. The maximum absolute atomic E-state index is 14.0. The number of aryl methyl sites for hydroxylation is 1. The van der Waals surface area contributed by atoms with Crippen LogP contribution in [0, 0.1) is 11.6 Å². The Hall–Kier alpha value is -2.85. The van der Waals surface area contributed by atoms with Gasteiger partial charge in [-0.25, -0.2) is 17.2 Å². The van der Waals surface area contributed by atoms with E-state index in [1.807, 2.05) is 6.92 Å². The summed E-state index contributed by atoms with van der Waals surface area (Å²) in [5.41, 5.74) is 1.42. The van der Waals surface area contributed by atoms with Crippen molar-refractivity contribution in [1.29, 1.82) is 0 Å². The van der Waals surface area contributed by atoms with E-state index < -0.39 is 21.7 Å². The van der Waals surface area contributed by atoms with Crippen LogP contribution in [0.5, 0.6) is 0 Å². The van der Waals surface area contributed by atoms with Crippen molar-refractivity contribution in [3.8, 4) is 0 Å². The van der Waals surface area contributed by atoms with Gasteiger partial charge in [0.25, 0.3) is 5.56 Å². The number of nitrogens with one attached hydrogen (secondary N) is 1. The molecule has 0 aliphatic carbocycles. The summed E-state index contributed by atoms with van der Waals surface area (Å²) in [6.07, 6.45) is 1.83. The molecule has 0 saturated carbocycles. The first kappa shape index (κ1) is 20.4. The Morgan fingerprint density at radius 3 is 2.50 bits per heavy atom. The third-order valence-electron chi connectivity index (χ3n) is 5.25. The summed E-state index contributed by atoms with van der Waals surface area (Å²) in [6, 6.07) is 6.39. The second kappa shape index (κ2) is 7.77. The van der Waals surface area contributed by atoms with Crippen LogP contribution in [-0.2, 0) is 16.4 Å². The topological polar surface area (TPSA) is 86.4 Å². The summed E-state index contributed by atoms with van der Waals surface area (Å²) < 4.78 is 54.5. The van der Waals surface area contributed by atoms with E-state index in [0.29, 0.717) is 23.0 Å². The lowest BCUT2D eigenvalue weighted by Crippen LogP contribution is -2.48. The fourth-order valence-electron chi connectivity index (χ4n) is 3.56. The SMILES string of the molecule is CCc1cc2ncc(S(=O)(=O)N3CCN(c4ccc(F)cc4F)CC3)cc2[nH]c1=O. The molecule has 10 heteroatoms. The molecule has 1 aliphatic heterocycles. The fourth-order valence-corrected chi connectivity index (χ4v) is 4.96. The molecule has 0 bridgehead atoms. The molecule has 0 amide bonds. The van der Waals surface area contributed by atoms with Crippen molar-refractivity contribution in [1.82, 2.24) is 14.3 Å². The maximum atomic E-state index is 14.0. The zero-order chi connectivity index (χ0) is 21.5. The highest BCUT2D eigenvalue weighted by Gasteiger charge is 2.30. The number of sulfonamides is 1. The van der Waals surface area contributed by atoms with Gasteiger partial charge >= 0.3 is 0 Å². The van der Waals surface area contributed by atoms with Crippen LogP contribution >= 0.6 is 0 Å². The Bertz CT molecular complexity index is 1270. The van der Waals surface area contributed by atoms with Gasteiger partial charge in [0.15, 0.2) is 0 Å². The second-order valence-electron chi connectivity index (χ2n) is 7.07. The van der Waals surface area contributed by atoms with Gasteiger partial charge in [-0.3, -0.25) is 9.78 Å². The van der Waals surface area contributed by atoms with Gasteiger partial charge in [0.05, 0.1) is 16.7 Å². The summed E-state index contributed by atoms with van der Waals surface area (Å²) >= 11 is 0. The van der Waals surface area contributed by atoms with E-state index in [2.05, 4.69) is 9.97 Å². The number of anilines is 1. The molecule has 1 saturated heterocycles. The molecule has 3 aromatic rings. The van der Waals surface area contributed by atoms with Crippen molar-refractivity contribution in [2.75, 3.05) is 31.1 Å². The van der Waals surface area contributed by atoms with Crippen molar-refractivity contribution in [2.45, 2.75) is 18.2 Å². The maximum Gasteiger partial charge on any atom is 0.251 e. The number of pyridine rings is 2. The van der Waals surface area contributed by atoms with Crippen LogP contribution in [0.15, 0.2) is 46.2 Å². The number of hydrogen-bond acceptors (Lipinski definition) is 5. The zero-order valence-electron chi connectivity index (χ0n) is 16.2. The van der Waals surface area contributed by atoms with Crippen LogP contribution in [0.4, 0.5) is 14.5 Å². The third-order valence-corrected chi connectivity index (χ3v) is 7.12. The summed E-state index contributed by atoms with van der Waals surface area (Å²) in [4.78, 5) is 20.6. The molecule has 0 unspecified atom stereocenters. The molecular weight excluding hydrogens is 414 g/mol. The summed E-state index contributed by atoms with van der Waals surface area (Å²) in [7, 11) is -3.84. The quantitative estimate of drug-likeness (QED) is 0.681. The Morgan fingerprint density at radius 2 is 1.83 bits per heavy atom. The van der Waals surface area contributed by atoms with Crippen LogP contribution in [0.25, 0.3) is 11.0 Å². The molecule has 0 radical (unpaired) electrons. The van der Waals surface area contributed by atoms with Gasteiger partial charge < -0.3 is 9.88 Å². The van der Waals surface area contributed by atoms with Gasteiger partial charge in [-0.15, -0.1) is 0 Å². The Labute approximate surface area is 172 Å². The second-order valence-corrected chi connectivity index (χ2v) is 9.01. The molecule has 1 N–H and O–H groups in total. The minimum absolute atomic E-state index is 0.0173. The lowest BCUT2D eigenvalue weighted by atomic mass is 10.2. The molecule has 4 rings (SSSR count). The Balaban J connectivity index is 1.56. The van der Waals surface area contributed by atoms with Crippen molar-refractivity contribution < 1.29 is 17.2 Å². The van der Waals surface area contributed by atoms with Gasteiger partial charge in [0, 0.05) is 44.0 Å². The molecule has 0 spiro atoms. The van der Waals surface area contributed by atoms with Crippen molar-refractivity contribution in [3.63, 3.8) is 0 Å². The van der Waals surface area contributed by atoms with E-state index >= 15 is 0 Å². The number of hydrogen-bond donors (Lipinski definition) is 1. The van der Waals surface area contributed by atoms with E-state index in [9.17, 15) is 22.0 Å². The normalized spacial score (nSPS) is 15.6. The van der Waals surface area contributed by atoms with Gasteiger partial charge in [-0.2, -0.15) is 4.31 Å². The standard InChI is InChI=1S/C20H20F2N4O3S/c1-2-13-9-17-18(24-20(13)27)11-15(12-23-17)30(28,29)26-7-5-25(6-8-26)19-4-3-14(21)10-16(19)22/h3-4,9-12H,2,5-8H2,1H3,(H,24,27). The van der Waals surface area contributed by atoms with Crippen LogP contribution < -0.4 is 10.5 Å². The van der Waals surface area contributed by atoms with Crippen LogP contribution in [0.1, 0.15) is 12.5 Å². The largest absolute Gasteiger partial charge is 0.367 e. The molecule has 158 valence electrons. The Kier molecular flexibility index (Phi) is 5.29. The van der Waals surface area contributed by atoms with Gasteiger partial charge in [-0.1, -0.05) is 6.92 Å². The van der Waals surface area contributed by atoms with Gasteiger partial charge in [-0.05, 0) is 30.7 Å². The lowest BCUT2D eigenvalue weighted by molar-refractivity contribution is 0.383. The zero-order valence-corrected chi connectivity index (χ0v) is 17.0. The Morgan fingerprint density at radius 1 is 1.10 bits per heavy atom. The molecule has 1 fully saturated rings. The first-order chi connectivity index (χ1) is 14.3. The molecule has 1 aromatic carbocycles. The fraction of sp³-hybridized carbons (Fsp3) is 0.300. The predicted octanol–water partition coefficient (Wildman–Crippen LogP) is 2.27. The van der Waals surface area contributed by atoms with E-state index in [4.69, 9.17) is 0 Å². The van der Waals surface area contributed by atoms with Gasteiger partial charge in [0.2, 0.25) is 10.0 Å². The highest BCUT2D eigenvalue weighted by Crippen LogP contribution is 2.24. The first-order valence-electron chi connectivity index (χ1n) is 9.51. The molecule has 2 aromatic heterocycles. The molecule has 30 heavy (non-hydrogen) atoms. The number of benzene rings is 1. The number of piperazine rings is 1. The van der Waals surface area contributed by atoms with Crippen LogP contribution in [0.2, 0.25) is 0 Å². The average molecular weight is 434 g/mol. The number of H-pyrrole nitrogens is 1. The summed E-state index contributed by atoms with van der Waals surface area (Å²) in [5, 5.41) is 0. The van der Waals surface area contributed by atoms with E-state index in [1.54, 1.807) is 11.0 Å². The van der Waals surface area contributed by atoms with E-state index in [1.165, 1.54) is 28.7 Å². The molecule has 1 aliphatic rings. The van der Waals surface area contributed by atoms with Crippen LogP contribution in [-0.4, -0.2) is 48.9 Å². The molecular formula is C20H20F2N4O3S. The number of halogens is 2. The van der Waals surface area contributed by atoms with Crippen molar-refractivity contribution in [3.05, 3.63) is 64.1 Å². The molecule has 7 nitrogen and oxygen atoms in total. The third kappa shape index (κ3) is 3.68. The number of fused-ring (bicyclic) bond motifs is 1. The van der Waals surface area contributed by atoms with Crippen molar-refractivity contribution in [2.24, 2.45) is 0 Å². The van der Waals surface area contributed by atoms with E-state index in [0.717, 1.165) is 6.07 Å². The number of aromatic amines is 1. The van der Waals surface area contributed by atoms with Crippen molar-refractivity contribution >= 4 is 26.7 Å². The van der Waals surface area contributed by atoms with Gasteiger partial charge in [0.1, 0.15) is 16.5 Å². The number of nitrogens with zero attached hydrogens (tertiary/aromatic N) is 3. The molecule has 3 heterocycles. The minimum Gasteiger partial charge on any atom is -0.367 e. The molecule has 0 atom stereocenters. The highest BCUT2D eigenvalue weighted by molar-refractivity contribution is 7.89. The first-order valence-corrected chi connectivity index (χ1v) is 11.0. The van der Waals surface area contributed by atoms with Crippen LogP contribution in [0.3, 0.4) is 0 Å². The summed E-state index contributed by atoms with van der Waals surface area (Å²) in [6.45, 7) is 2.66. The number of aromatic nitrogens is 2. The number of rotatable bonds is 4. The average Bonchev–Trinajstić information content (AvgIpc) is 2.73. The monoisotopic (exact) mass is 434 g/mol. The predicted molar refractivity (Wildman–Crippen MR) is 109 cm³/mol. The lowest BCUT2D eigenvalue weighted by Gasteiger charge is -2.35. The minimum atomic E-state index is -3.84. The highest BCUT2D eigenvalue weighted by atomic mass is 32.2.